The van der Waals surface area contributed by atoms with Crippen LogP contribution in [0.1, 0.15) is 17.0 Å². The number of allylic oxidation sites excluding steroid dienone is 1. The third-order valence-electron chi connectivity index (χ3n) is 4.93. The zero-order chi connectivity index (χ0) is 23.3. The number of halogens is 1. The van der Waals surface area contributed by atoms with Crippen molar-refractivity contribution in [3.63, 3.8) is 0 Å². The molecule has 1 aliphatic heterocycles. The Kier molecular flexibility index (Phi) is 7.72. The molecule has 0 aliphatic carbocycles. The molecule has 2 atom stereocenters. The van der Waals surface area contributed by atoms with Crippen LogP contribution in [0.3, 0.4) is 0 Å². The lowest BCUT2D eigenvalue weighted by Crippen LogP contribution is -2.44. The van der Waals surface area contributed by atoms with Gasteiger partial charge in [-0.15, -0.1) is 0 Å². The highest BCUT2D eigenvalue weighted by atomic mass is 79.9. The van der Waals surface area contributed by atoms with Gasteiger partial charge in [0.25, 0.3) is 0 Å². The molecule has 0 spiro atoms. The Morgan fingerprint density at radius 3 is 2.59 bits per heavy atom. The van der Waals surface area contributed by atoms with Crippen molar-refractivity contribution in [3.05, 3.63) is 74.7 Å². The number of nitriles is 1. The minimum atomic E-state index is -1.19. The van der Waals surface area contributed by atoms with Gasteiger partial charge in [0.15, 0.2) is 0 Å². The van der Waals surface area contributed by atoms with E-state index in [-0.39, 0.29) is 22.3 Å². The average molecular weight is 514 g/mol. The zero-order valence-electron chi connectivity index (χ0n) is 17.3. The number of esters is 1. The molecule has 164 valence electrons. The van der Waals surface area contributed by atoms with Gasteiger partial charge in [-0.1, -0.05) is 58.0 Å². The number of anilines is 1. The van der Waals surface area contributed by atoms with Crippen LogP contribution in [0.5, 0.6) is 0 Å². The third kappa shape index (κ3) is 5.21. The van der Waals surface area contributed by atoms with E-state index in [1.54, 1.807) is 36.4 Å². The molecule has 32 heavy (non-hydrogen) atoms. The van der Waals surface area contributed by atoms with E-state index in [1.807, 2.05) is 19.1 Å². The van der Waals surface area contributed by atoms with Crippen LogP contribution in [-0.4, -0.2) is 30.6 Å². The number of nitrogens with one attached hydrogen (secondary N) is 2. The second kappa shape index (κ2) is 10.5. The molecule has 1 aliphatic rings. The van der Waals surface area contributed by atoms with E-state index in [0.717, 1.165) is 21.8 Å². The minimum absolute atomic E-state index is 0.0275. The molecule has 1 heterocycles. The van der Waals surface area contributed by atoms with Gasteiger partial charge in [0.2, 0.25) is 11.8 Å². The van der Waals surface area contributed by atoms with Gasteiger partial charge in [-0.25, -0.2) is 0 Å². The molecular formula is C23H20BrN3O4S. The van der Waals surface area contributed by atoms with Gasteiger partial charge in [-0.3, -0.25) is 14.4 Å². The lowest BCUT2D eigenvalue weighted by molar-refractivity contribution is -0.150. The summed E-state index contributed by atoms with van der Waals surface area (Å²) in [5, 5.41) is 15.5. The molecule has 0 unspecified atom stereocenters. The lowest BCUT2D eigenvalue weighted by Gasteiger charge is -2.30. The van der Waals surface area contributed by atoms with Crippen LogP contribution in [-0.2, 0) is 19.1 Å². The van der Waals surface area contributed by atoms with Gasteiger partial charge < -0.3 is 15.4 Å². The highest BCUT2D eigenvalue weighted by Crippen LogP contribution is 2.40. The number of thioether (sulfide) groups is 1. The van der Waals surface area contributed by atoms with Crippen molar-refractivity contribution >= 4 is 51.2 Å². The van der Waals surface area contributed by atoms with Crippen molar-refractivity contribution in [3.8, 4) is 6.07 Å². The Balaban J connectivity index is 1.85. The molecule has 7 nitrogen and oxygen atoms in total. The normalized spacial score (nSPS) is 17.9. The van der Waals surface area contributed by atoms with E-state index in [9.17, 15) is 19.6 Å². The summed E-state index contributed by atoms with van der Waals surface area (Å²) >= 11 is 4.46. The first-order chi connectivity index (χ1) is 15.3. The predicted molar refractivity (Wildman–Crippen MR) is 125 cm³/mol. The number of carbonyl (C=O) groups is 3. The van der Waals surface area contributed by atoms with E-state index in [0.29, 0.717) is 11.3 Å². The van der Waals surface area contributed by atoms with Gasteiger partial charge in [-0.05, 0) is 36.2 Å². The van der Waals surface area contributed by atoms with Crippen LogP contribution in [0.15, 0.2) is 63.6 Å². The highest BCUT2D eigenvalue weighted by Gasteiger charge is 2.44. The number of nitrogens with zero attached hydrogens (tertiary/aromatic N) is 1. The number of ether oxygens (including phenoxy) is 1. The van der Waals surface area contributed by atoms with E-state index in [1.165, 1.54) is 7.11 Å². The quantitative estimate of drug-likeness (QED) is 0.448. The summed E-state index contributed by atoms with van der Waals surface area (Å²) in [5.41, 5.74) is 2.47. The van der Waals surface area contributed by atoms with Gasteiger partial charge in [0, 0.05) is 16.1 Å². The summed E-state index contributed by atoms with van der Waals surface area (Å²) in [6, 6.07) is 16.4. The van der Waals surface area contributed by atoms with Crippen molar-refractivity contribution in [1.82, 2.24) is 5.32 Å². The summed E-state index contributed by atoms with van der Waals surface area (Å²) in [7, 11) is 1.20. The Hall–Kier alpha value is -3.09. The fourth-order valence-corrected chi connectivity index (χ4v) is 4.49. The van der Waals surface area contributed by atoms with Crippen LogP contribution in [0.25, 0.3) is 0 Å². The first-order valence-corrected chi connectivity index (χ1v) is 11.4. The van der Waals surface area contributed by atoms with E-state index < -0.39 is 23.7 Å². The van der Waals surface area contributed by atoms with E-state index >= 15 is 0 Å². The number of aryl methyl sites for hydroxylation is 1. The van der Waals surface area contributed by atoms with Crippen LogP contribution >= 0.6 is 27.7 Å². The smallest absolute Gasteiger partial charge is 0.319 e. The summed E-state index contributed by atoms with van der Waals surface area (Å²) in [4.78, 5) is 37.6. The molecule has 2 N–H and O–H groups in total. The van der Waals surface area contributed by atoms with Gasteiger partial charge in [-0.2, -0.15) is 5.26 Å². The monoisotopic (exact) mass is 513 g/mol. The maximum absolute atomic E-state index is 12.8. The molecule has 2 aromatic rings. The molecule has 0 aromatic heterocycles. The Labute approximate surface area is 198 Å². The molecule has 0 radical (unpaired) electrons. The zero-order valence-corrected chi connectivity index (χ0v) is 19.7. The highest BCUT2D eigenvalue weighted by molar-refractivity contribution is 9.10. The number of methoxy groups -OCH3 is 1. The summed E-state index contributed by atoms with van der Waals surface area (Å²) in [6.07, 6.45) is 0. The number of amides is 2. The van der Waals surface area contributed by atoms with Crippen LogP contribution in [0.4, 0.5) is 5.69 Å². The number of carbonyl (C=O) groups excluding carboxylic acids is 3. The largest absolute Gasteiger partial charge is 0.468 e. The Morgan fingerprint density at radius 2 is 1.97 bits per heavy atom. The van der Waals surface area contributed by atoms with Crippen molar-refractivity contribution in [2.45, 2.75) is 12.8 Å². The van der Waals surface area contributed by atoms with Crippen LogP contribution in [0, 0.1) is 24.2 Å². The Bertz CT molecular complexity index is 1130. The van der Waals surface area contributed by atoms with Crippen LogP contribution in [0.2, 0.25) is 0 Å². The first-order valence-electron chi connectivity index (χ1n) is 9.62. The second-order valence-electron chi connectivity index (χ2n) is 7.03. The maximum atomic E-state index is 12.8. The molecule has 0 saturated heterocycles. The SMILES string of the molecule is COC(=O)[C@@H]1C(=O)NC(SCC(=O)Nc2ccc(Br)c(C)c2)=C(C#N)[C@@H]1c1ccccc1. The van der Waals surface area contributed by atoms with Crippen molar-refractivity contribution in [2.24, 2.45) is 5.92 Å². The molecular weight excluding hydrogens is 494 g/mol. The molecule has 2 aromatic carbocycles. The second-order valence-corrected chi connectivity index (χ2v) is 8.87. The van der Waals surface area contributed by atoms with Gasteiger partial charge >= 0.3 is 5.97 Å². The molecule has 9 heteroatoms. The lowest BCUT2D eigenvalue weighted by atomic mass is 9.78. The van der Waals surface area contributed by atoms with E-state index in [4.69, 9.17) is 4.74 Å². The predicted octanol–water partition coefficient (Wildman–Crippen LogP) is 3.87. The number of rotatable bonds is 6. The van der Waals surface area contributed by atoms with E-state index in [2.05, 4.69) is 32.6 Å². The number of hydrogen-bond donors (Lipinski definition) is 2. The molecule has 0 bridgehead atoms. The van der Waals surface area contributed by atoms with Gasteiger partial charge in [0.1, 0.15) is 5.92 Å². The minimum Gasteiger partial charge on any atom is -0.468 e. The van der Waals surface area contributed by atoms with Crippen molar-refractivity contribution < 1.29 is 19.1 Å². The average Bonchev–Trinajstić information content (AvgIpc) is 2.79. The summed E-state index contributed by atoms with van der Waals surface area (Å²) in [5.74, 6) is -3.61. The number of benzene rings is 2. The maximum Gasteiger partial charge on any atom is 0.319 e. The summed E-state index contributed by atoms with van der Waals surface area (Å²) in [6.45, 7) is 1.91. The van der Waals surface area contributed by atoms with Crippen LogP contribution < -0.4 is 10.6 Å². The fraction of sp³-hybridized carbons (Fsp3) is 0.217. The topological polar surface area (TPSA) is 108 Å². The molecule has 0 saturated carbocycles. The standard InChI is InChI=1S/C23H20BrN3O4S/c1-13-10-15(8-9-17(13)24)26-18(28)12-32-22-16(11-25)19(14-6-4-3-5-7-14)20(21(29)27-22)23(30)31-2/h3-10,19-20H,12H2,1-2H3,(H,26,28)(H,27,29)/t19-,20-/m0/s1. The fourth-order valence-electron chi connectivity index (χ4n) is 3.40. The summed E-state index contributed by atoms with van der Waals surface area (Å²) < 4.78 is 5.75. The number of hydrogen-bond acceptors (Lipinski definition) is 6. The Morgan fingerprint density at radius 1 is 1.25 bits per heavy atom. The van der Waals surface area contributed by atoms with Crippen molar-refractivity contribution in [2.75, 3.05) is 18.2 Å². The molecule has 3 rings (SSSR count). The first kappa shape index (κ1) is 23.6. The molecule has 0 fully saturated rings. The van der Waals surface area contributed by atoms with Gasteiger partial charge in [0.05, 0.1) is 29.5 Å². The third-order valence-corrected chi connectivity index (χ3v) is 6.84. The van der Waals surface area contributed by atoms with Crippen molar-refractivity contribution in [1.29, 1.82) is 5.26 Å². The molecule has 2 amide bonds.